The molecule has 0 spiro atoms. The van der Waals surface area contributed by atoms with E-state index in [4.69, 9.17) is 11.6 Å². The van der Waals surface area contributed by atoms with Gasteiger partial charge in [0.05, 0.1) is 15.8 Å². The molecule has 16 heavy (non-hydrogen) atoms. The average molecular weight is 280 g/mol. The molecule has 6 heteroatoms. The first-order chi connectivity index (χ1) is 7.55. The van der Waals surface area contributed by atoms with Gasteiger partial charge in [-0.2, -0.15) is 0 Å². The third-order valence-electron chi connectivity index (χ3n) is 2.75. The zero-order valence-corrected chi connectivity index (χ0v) is 11.2. The summed E-state index contributed by atoms with van der Waals surface area (Å²) in [6, 6.07) is 4.21. The van der Waals surface area contributed by atoms with Crippen LogP contribution in [0, 0.1) is 0 Å². The van der Waals surface area contributed by atoms with Crippen molar-refractivity contribution in [2.45, 2.75) is 25.4 Å². The van der Waals surface area contributed by atoms with Crippen molar-refractivity contribution in [1.82, 2.24) is 5.32 Å². The minimum atomic E-state index is -2.75. The van der Waals surface area contributed by atoms with E-state index in [0.29, 0.717) is 17.5 Å². The molecule has 0 saturated carbocycles. The third kappa shape index (κ3) is 3.45. The third-order valence-corrected chi connectivity index (χ3v) is 5.70. The number of sulfone groups is 1. The zero-order chi connectivity index (χ0) is 11.6. The Balaban J connectivity index is 1.80. The highest BCUT2D eigenvalue weighted by Gasteiger charge is 2.22. The first kappa shape index (κ1) is 12.4. The summed E-state index contributed by atoms with van der Waals surface area (Å²) in [6.45, 7) is 0.780. The van der Waals surface area contributed by atoms with Crippen LogP contribution in [0.1, 0.15) is 17.7 Å². The van der Waals surface area contributed by atoms with Crippen molar-refractivity contribution in [1.29, 1.82) is 0 Å². The van der Waals surface area contributed by atoms with Crippen molar-refractivity contribution in [2.75, 3.05) is 11.5 Å². The Hall–Kier alpha value is -0.100. The fourth-order valence-electron chi connectivity index (χ4n) is 1.79. The molecule has 0 atom stereocenters. The molecule has 1 aliphatic rings. The Morgan fingerprint density at radius 1 is 1.38 bits per heavy atom. The summed E-state index contributed by atoms with van der Waals surface area (Å²) in [7, 11) is -2.75. The highest BCUT2D eigenvalue weighted by atomic mass is 35.5. The summed E-state index contributed by atoms with van der Waals surface area (Å²) in [5.41, 5.74) is 0. The number of hydrogen-bond donors (Lipinski definition) is 1. The lowest BCUT2D eigenvalue weighted by Gasteiger charge is -2.22. The van der Waals surface area contributed by atoms with Gasteiger partial charge in [-0.1, -0.05) is 11.6 Å². The van der Waals surface area contributed by atoms with Crippen LogP contribution in [0.25, 0.3) is 0 Å². The van der Waals surface area contributed by atoms with E-state index >= 15 is 0 Å². The second-order valence-corrected chi connectivity index (χ2v) is 8.12. The summed E-state index contributed by atoms with van der Waals surface area (Å²) in [6.07, 6.45) is 1.45. The average Bonchev–Trinajstić information content (AvgIpc) is 2.63. The molecule has 1 aromatic heterocycles. The van der Waals surface area contributed by atoms with Crippen LogP contribution in [-0.2, 0) is 16.4 Å². The van der Waals surface area contributed by atoms with E-state index in [9.17, 15) is 8.42 Å². The molecule has 2 heterocycles. The molecule has 1 saturated heterocycles. The molecule has 0 radical (unpaired) electrons. The minimum Gasteiger partial charge on any atom is -0.309 e. The SMILES string of the molecule is O=S1(=O)CCC(NCc2ccc(Cl)s2)CC1. The molecule has 0 bridgehead atoms. The lowest BCUT2D eigenvalue weighted by molar-refractivity contribution is 0.465. The van der Waals surface area contributed by atoms with E-state index in [1.165, 1.54) is 4.88 Å². The monoisotopic (exact) mass is 279 g/mol. The van der Waals surface area contributed by atoms with E-state index < -0.39 is 9.84 Å². The molecular formula is C10H14ClNO2S2. The van der Waals surface area contributed by atoms with E-state index in [0.717, 1.165) is 23.7 Å². The van der Waals surface area contributed by atoms with Crippen LogP contribution >= 0.6 is 22.9 Å². The van der Waals surface area contributed by atoms with Crippen molar-refractivity contribution in [3.63, 3.8) is 0 Å². The zero-order valence-electron chi connectivity index (χ0n) is 8.78. The molecule has 0 unspecified atom stereocenters. The molecule has 2 rings (SSSR count). The summed E-state index contributed by atoms with van der Waals surface area (Å²) >= 11 is 7.39. The maximum atomic E-state index is 11.2. The van der Waals surface area contributed by atoms with Crippen molar-refractivity contribution in [3.8, 4) is 0 Å². The maximum Gasteiger partial charge on any atom is 0.150 e. The van der Waals surface area contributed by atoms with Crippen LogP contribution in [0.5, 0.6) is 0 Å². The van der Waals surface area contributed by atoms with Crippen LogP contribution < -0.4 is 5.32 Å². The van der Waals surface area contributed by atoms with Gasteiger partial charge in [0.2, 0.25) is 0 Å². The van der Waals surface area contributed by atoms with Gasteiger partial charge in [0.1, 0.15) is 9.84 Å². The molecular weight excluding hydrogens is 266 g/mol. The molecule has 1 aliphatic heterocycles. The first-order valence-corrected chi connectivity index (χ1v) is 8.25. The largest absolute Gasteiger partial charge is 0.309 e. The van der Waals surface area contributed by atoms with Gasteiger partial charge in [-0.25, -0.2) is 8.42 Å². The van der Waals surface area contributed by atoms with Gasteiger partial charge in [-0.15, -0.1) is 11.3 Å². The topological polar surface area (TPSA) is 46.2 Å². The second kappa shape index (κ2) is 5.04. The molecule has 1 aromatic rings. The van der Waals surface area contributed by atoms with E-state index in [1.54, 1.807) is 11.3 Å². The van der Waals surface area contributed by atoms with Gasteiger partial charge in [-0.3, -0.25) is 0 Å². The van der Waals surface area contributed by atoms with Crippen molar-refractivity contribution < 1.29 is 8.42 Å². The smallest absolute Gasteiger partial charge is 0.150 e. The number of hydrogen-bond acceptors (Lipinski definition) is 4. The van der Waals surface area contributed by atoms with Crippen LogP contribution in [0.15, 0.2) is 12.1 Å². The molecule has 1 N–H and O–H groups in total. The van der Waals surface area contributed by atoms with Gasteiger partial charge in [0, 0.05) is 17.5 Å². The minimum absolute atomic E-state index is 0.315. The Labute approximate surface area is 105 Å². The number of nitrogens with one attached hydrogen (secondary N) is 1. The van der Waals surface area contributed by atoms with Gasteiger partial charge in [0.25, 0.3) is 0 Å². The standard InChI is InChI=1S/C10H14ClNO2S2/c11-10-2-1-9(15-10)7-12-8-3-5-16(13,14)6-4-8/h1-2,8,12H,3-7H2. The first-order valence-electron chi connectivity index (χ1n) is 5.23. The molecule has 1 fully saturated rings. The van der Waals surface area contributed by atoms with Crippen molar-refractivity contribution in [3.05, 3.63) is 21.3 Å². The van der Waals surface area contributed by atoms with Gasteiger partial charge in [0.15, 0.2) is 0 Å². The predicted molar refractivity (Wildman–Crippen MR) is 67.8 cm³/mol. The van der Waals surface area contributed by atoms with E-state index in [2.05, 4.69) is 5.32 Å². The van der Waals surface area contributed by atoms with Crippen LogP contribution in [0.3, 0.4) is 0 Å². The number of rotatable bonds is 3. The highest BCUT2D eigenvalue weighted by Crippen LogP contribution is 2.21. The quantitative estimate of drug-likeness (QED) is 0.921. The Bertz CT molecular complexity index is 441. The van der Waals surface area contributed by atoms with Crippen LogP contribution in [0.4, 0.5) is 0 Å². The van der Waals surface area contributed by atoms with Crippen LogP contribution in [0.2, 0.25) is 4.34 Å². The summed E-state index contributed by atoms with van der Waals surface area (Å²) < 4.78 is 23.3. The number of thiophene rings is 1. The Kier molecular flexibility index (Phi) is 3.89. The van der Waals surface area contributed by atoms with Crippen LogP contribution in [-0.4, -0.2) is 26.0 Å². The molecule has 90 valence electrons. The molecule has 0 aromatic carbocycles. The maximum absolute atomic E-state index is 11.2. The molecule has 0 aliphatic carbocycles. The lowest BCUT2D eigenvalue weighted by atomic mass is 10.1. The van der Waals surface area contributed by atoms with Crippen molar-refractivity contribution >= 4 is 32.8 Å². The summed E-state index contributed by atoms with van der Waals surface area (Å²) in [5, 5.41) is 3.38. The molecule has 0 amide bonds. The van der Waals surface area contributed by atoms with E-state index in [1.807, 2.05) is 12.1 Å². The second-order valence-electron chi connectivity index (χ2n) is 4.01. The Morgan fingerprint density at radius 2 is 2.06 bits per heavy atom. The van der Waals surface area contributed by atoms with E-state index in [-0.39, 0.29) is 0 Å². The highest BCUT2D eigenvalue weighted by molar-refractivity contribution is 7.91. The van der Waals surface area contributed by atoms with Gasteiger partial charge in [-0.05, 0) is 25.0 Å². The van der Waals surface area contributed by atoms with Gasteiger partial charge < -0.3 is 5.32 Å². The summed E-state index contributed by atoms with van der Waals surface area (Å²) in [4.78, 5) is 1.19. The van der Waals surface area contributed by atoms with Crippen molar-refractivity contribution in [2.24, 2.45) is 0 Å². The molecule has 3 nitrogen and oxygen atoms in total. The fourth-order valence-corrected chi connectivity index (χ4v) is 4.32. The summed E-state index contributed by atoms with van der Waals surface area (Å²) in [5.74, 6) is 0.631. The fraction of sp³-hybridized carbons (Fsp3) is 0.600. The predicted octanol–water partition coefficient (Wildman–Crippen LogP) is 2.07. The Morgan fingerprint density at radius 3 is 2.62 bits per heavy atom. The number of halogens is 1. The lowest BCUT2D eigenvalue weighted by Crippen LogP contribution is -2.36. The normalized spacial score (nSPS) is 21.1. The van der Waals surface area contributed by atoms with Gasteiger partial charge >= 0.3 is 0 Å².